The van der Waals surface area contributed by atoms with Gasteiger partial charge in [0.2, 0.25) is 0 Å². The van der Waals surface area contributed by atoms with Crippen LogP contribution in [0.3, 0.4) is 0 Å². The molecule has 0 aromatic heterocycles. The van der Waals surface area contributed by atoms with Crippen LogP contribution in [0, 0.1) is 17.2 Å². The highest BCUT2D eigenvalue weighted by molar-refractivity contribution is 5.94. The number of hydrogen-bond acceptors (Lipinski definition) is 4. The molecule has 1 aromatic carbocycles. The summed E-state index contributed by atoms with van der Waals surface area (Å²) in [6.07, 6.45) is 3.40. The molecule has 2 aliphatic heterocycles. The molecule has 0 radical (unpaired) electrons. The predicted octanol–water partition coefficient (Wildman–Crippen LogP) is 2.13. The van der Waals surface area contributed by atoms with E-state index >= 15 is 0 Å². The van der Waals surface area contributed by atoms with Gasteiger partial charge < -0.3 is 9.64 Å². The third-order valence-corrected chi connectivity index (χ3v) is 5.12. The van der Waals surface area contributed by atoms with E-state index in [1.54, 1.807) is 24.3 Å². The van der Waals surface area contributed by atoms with E-state index in [1.807, 2.05) is 4.90 Å². The topological polar surface area (TPSA) is 56.6 Å². The molecule has 2 heterocycles. The molecule has 24 heavy (non-hydrogen) atoms. The van der Waals surface area contributed by atoms with Gasteiger partial charge in [-0.2, -0.15) is 5.26 Å². The van der Waals surface area contributed by atoms with Crippen molar-refractivity contribution in [2.45, 2.75) is 19.3 Å². The molecular formula is C19H25N3O2. The summed E-state index contributed by atoms with van der Waals surface area (Å²) in [4.78, 5) is 17.0. The average Bonchev–Trinajstić information content (AvgIpc) is 2.67. The molecule has 2 aliphatic rings. The summed E-state index contributed by atoms with van der Waals surface area (Å²) in [5, 5.41) is 8.83. The van der Waals surface area contributed by atoms with E-state index in [9.17, 15) is 4.79 Å². The molecule has 0 N–H and O–H groups in total. The van der Waals surface area contributed by atoms with Gasteiger partial charge >= 0.3 is 0 Å². The van der Waals surface area contributed by atoms with Crippen LogP contribution in [0.4, 0.5) is 0 Å². The van der Waals surface area contributed by atoms with Crippen LogP contribution in [0.5, 0.6) is 0 Å². The van der Waals surface area contributed by atoms with Gasteiger partial charge in [-0.3, -0.25) is 9.69 Å². The molecule has 0 spiro atoms. The fourth-order valence-electron chi connectivity index (χ4n) is 3.48. The van der Waals surface area contributed by atoms with Crippen molar-refractivity contribution in [1.82, 2.24) is 9.80 Å². The standard InChI is InChI=1S/C19H25N3O2/c20-15-17-1-3-18(4-2-17)19(23)22-9-6-16(7-10-22)5-8-21-11-13-24-14-12-21/h1-4,16H,5-14H2. The number of hydrogen-bond donors (Lipinski definition) is 0. The first-order valence-corrected chi connectivity index (χ1v) is 8.86. The SMILES string of the molecule is N#Cc1ccc(C(=O)N2CCC(CCN3CCOCC3)CC2)cc1. The lowest BCUT2D eigenvalue weighted by atomic mass is 9.93. The fourth-order valence-corrected chi connectivity index (χ4v) is 3.48. The van der Waals surface area contributed by atoms with Crippen molar-refractivity contribution in [2.75, 3.05) is 45.9 Å². The van der Waals surface area contributed by atoms with Gasteiger partial charge in [-0.15, -0.1) is 0 Å². The molecule has 0 atom stereocenters. The monoisotopic (exact) mass is 327 g/mol. The Morgan fingerprint density at radius 1 is 1.12 bits per heavy atom. The third kappa shape index (κ3) is 4.34. The summed E-state index contributed by atoms with van der Waals surface area (Å²) < 4.78 is 5.38. The fraction of sp³-hybridized carbons (Fsp3) is 0.579. The van der Waals surface area contributed by atoms with Gasteiger partial charge in [-0.1, -0.05) is 0 Å². The summed E-state index contributed by atoms with van der Waals surface area (Å²) in [5.41, 5.74) is 1.27. The molecule has 1 amide bonds. The van der Waals surface area contributed by atoms with E-state index in [4.69, 9.17) is 10.00 Å². The third-order valence-electron chi connectivity index (χ3n) is 5.12. The van der Waals surface area contributed by atoms with Crippen LogP contribution >= 0.6 is 0 Å². The number of morpholine rings is 1. The van der Waals surface area contributed by atoms with Gasteiger partial charge in [0.15, 0.2) is 0 Å². The van der Waals surface area contributed by atoms with Gasteiger partial charge in [0.25, 0.3) is 5.91 Å². The van der Waals surface area contributed by atoms with E-state index in [0.717, 1.165) is 64.7 Å². The van der Waals surface area contributed by atoms with Crippen molar-refractivity contribution in [2.24, 2.45) is 5.92 Å². The van der Waals surface area contributed by atoms with Crippen molar-refractivity contribution in [3.05, 3.63) is 35.4 Å². The maximum atomic E-state index is 12.5. The zero-order valence-corrected chi connectivity index (χ0v) is 14.1. The molecule has 2 saturated heterocycles. The van der Waals surface area contributed by atoms with Gasteiger partial charge in [0.05, 0.1) is 24.8 Å². The summed E-state index contributed by atoms with van der Waals surface area (Å²) in [6, 6.07) is 9.01. The van der Waals surface area contributed by atoms with E-state index < -0.39 is 0 Å². The molecule has 0 unspecified atom stereocenters. The quantitative estimate of drug-likeness (QED) is 0.850. The van der Waals surface area contributed by atoms with Crippen LogP contribution in [0.2, 0.25) is 0 Å². The Morgan fingerprint density at radius 2 is 1.79 bits per heavy atom. The van der Waals surface area contributed by atoms with Crippen LogP contribution in [0.25, 0.3) is 0 Å². The number of benzene rings is 1. The lowest BCUT2D eigenvalue weighted by molar-refractivity contribution is 0.0332. The Bertz CT molecular complexity index is 580. The number of nitriles is 1. The number of amides is 1. The summed E-state index contributed by atoms with van der Waals surface area (Å²) in [7, 11) is 0. The Hall–Kier alpha value is -1.90. The normalized spacial score (nSPS) is 19.9. The highest BCUT2D eigenvalue weighted by atomic mass is 16.5. The van der Waals surface area contributed by atoms with Crippen LogP contribution in [-0.2, 0) is 4.74 Å². The number of ether oxygens (including phenoxy) is 1. The van der Waals surface area contributed by atoms with Crippen LogP contribution in [0.1, 0.15) is 35.2 Å². The highest BCUT2D eigenvalue weighted by Crippen LogP contribution is 2.22. The summed E-state index contributed by atoms with van der Waals surface area (Å²) in [5.74, 6) is 0.809. The zero-order valence-electron chi connectivity index (χ0n) is 14.1. The zero-order chi connectivity index (χ0) is 16.8. The summed E-state index contributed by atoms with van der Waals surface area (Å²) >= 11 is 0. The second-order valence-electron chi connectivity index (χ2n) is 6.67. The smallest absolute Gasteiger partial charge is 0.253 e. The Kier molecular flexibility index (Phi) is 5.84. The number of piperidine rings is 1. The Morgan fingerprint density at radius 3 is 2.42 bits per heavy atom. The Balaban J connectivity index is 1.44. The van der Waals surface area contributed by atoms with Crippen molar-refractivity contribution < 1.29 is 9.53 Å². The molecular weight excluding hydrogens is 302 g/mol. The van der Waals surface area contributed by atoms with E-state index in [-0.39, 0.29) is 5.91 Å². The van der Waals surface area contributed by atoms with Crippen molar-refractivity contribution in [3.8, 4) is 6.07 Å². The lowest BCUT2D eigenvalue weighted by Gasteiger charge is -2.34. The molecule has 128 valence electrons. The van der Waals surface area contributed by atoms with Gasteiger partial charge in [0, 0.05) is 31.7 Å². The molecule has 1 aromatic rings. The second kappa shape index (κ2) is 8.27. The minimum atomic E-state index is 0.0890. The molecule has 5 heteroatoms. The predicted molar refractivity (Wildman–Crippen MR) is 91.7 cm³/mol. The van der Waals surface area contributed by atoms with Crippen molar-refractivity contribution in [3.63, 3.8) is 0 Å². The molecule has 2 fully saturated rings. The van der Waals surface area contributed by atoms with Crippen molar-refractivity contribution in [1.29, 1.82) is 5.26 Å². The lowest BCUT2D eigenvalue weighted by Crippen LogP contribution is -2.40. The average molecular weight is 327 g/mol. The van der Waals surface area contributed by atoms with Gasteiger partial charge in [-0.25, -0.2) is 0 Å². The first kappa shape index (κ1) is 16.9. The van der Waals surface area contributed by atoms with E-state index in [1.165, 1.54) is 6.42 Å². The molecule has 0 saturated carbocycles. The van der Waals surface area contributed by atoms with E-state index in [2.05, 4.69) is 11.0 Å². The highest BCUT2D eigenvalue weighted by Gasteiger charge is 2.24. The van der Waals surface area contributed by atoms with Crippen LogP contribution < -0.4 is 0 Å². The van der Waals surface area contributed by atoms with Crippen LogP contribution in [-0.4, -0.2) is 61.6 Å². The molecule has 0 aliphatic carbocycles. The minimum Gasteiger partial charge on any atom is -0.379 e. The van der Waals surface area contributed by atoms with Gasteiger partial charge in [-0.05, 0) is 56.0 Å². The summed E-state index contributed by atoms with van der Waals surface area (Å²) in [6.45, 7) is 6.65. The maximum Gasteiger partial charge on any atom is 0.253 e. The number of carbonyl (C=O) groups excluding carboxylic acids is 1. The largest absolute Gasteiger partial charge is 0.379 e. The van der Waals surface area contributed by atoms with Crippen molar-refractivity contribution >= 4 is 5.91 Å². The number of nitrogens with zero attached hydrogens (tertiary/aromatic N) is 3. The number of carbonyl (C=O) groups is 1. The molecule has 0 bridgehead atoms. The van der Waals surface area contributed by atoms with Crippen LogP contribution in [0.15, 0.2) is 24.3 Å². The maximum absolute atomic E-state index is 12.5. The molecule has 5 nitrogen and oxygen atoms in total. The minimum absolute atomic E-state index is 0.0890. The first-order chi connectivity index (χ1) is 11.8. The first-order valence-electron chi connectivity index (χ1n) is 8.86. The van der Waals surface area contributed by atoms with E-state index in [0.29, 0.717) is 11.1 Å². The second-order valence-corrected chi connectivity index (χ2v) is 6.67. The molecule has 3 rings (SSSR count). The Labute approximate surface area is 143 Å². The number of likely N-dealkylation sites (tertiary alicyclic amines) is 1. The van der Waals surface area contributed by atoms with Gasteiger partial charge in [0.1, 0.15) is 0 Å². The number of rotatable bonds is 4.